The summed E-state index contributed by atoms with van der Waals surface area (Å²) in [6.45, 7) is 9.39. The van der Waals surface area contributed by atoms with Crippen LogP contribution in [0.15, 0.2) is 12.1 Å². The van der Waals surface area contributed by atoms with Crippen LogP contribution in [0, 0.1) is 0 Å². The smallest absolute Gasteiger partial charge is 0.142 e. The Balaban J connectivity index is 1.97. The number of rotatable bonds is 7. The van der Waals surface area contributed by atoms with Crippen LogP contribution in [0.1, 0.15) is 38.3 Å². The summed E-state index contributed by atoms with van der Waals surface area (Å²) in [5.74, 6) is 0.783. The molecule has 1 unspecified atom stereocenters. The third kappa shape index (κ3) is 4.49. The summed E-state index contributed by atoms with van der Waals surface area (Å²) in [7, 11) is 0. The molecule has 1 aliphatic rings. The standard InChI is InChI=1S/C16H24Cl2N2O/c1-3-7-20(4-2)8-6-19-15-5-9-21-16-13(15)10-12(17)11-14(16)18/h10-11,15,19H,3-9H2,1-2H3. The zero-order valence-corrected chi connectivity index (χ0v) is 14.3. The van der Waals surface area contributed by atoms with Gasteiger partial charge in [0.2, 0.25) is 0 Å². The van der Waals surface area contributed by atoms with Crippen LogP contribution < -0.4 is 10.1 Å². The molecule has 1 aromatic carbocycles. The van der Waals surface area contributed by atoms with Gasteiger partial charge in [-0.25, -0.2) is 0 Å². The molecule has 1 N–H and O–H groups in total. The SMILES string of the molecule is CCCN(CC)CCNC1CCOc2c(Cl)cc(Cl)cc21. The average Bonchev–Trinajstić information content (AvgIpc) is 2.46. The summed E-state index contributed by atoms with van der Waals surface area (Å²) in [5.41, 5.74) is 1.08. The molecule has 5 heteroatoms. The molecule has 1 heterocycles. The Bertz CT molecular complexity index is 468. The first-order valence-corrected chi connectivity index (χ1v) is 8.48. The minimum Gasteiger partial charge on any atom is -0.492 e. The molecular weight excluding hydrogens is 307 g/mol. The number of likely N-dealkylation sites (N-methyl/N-ethyl adjacent to an activating group) is 1. The van der Waals surface area contributed by atoms with E-state index in [9.17, 15) is 0 Å². The highest BCUT2D eigenvalue weighted by Gasteiger charge is 2.23. The molecule has 0 aliphatic carbocycles. The van der Waals surface area contributed by atoms with Crippen molar-refractivity contribution in [3.8, 4) is 5.75 Å². The van der Waals surface area contributed by atoms with Crippen molar-refractivity contribution >= 4 is 23.2 Å². The molecule has 1 aliphatic heterocycles. The number of hydrogen-bond acceptors (Lipinski definition) is 3. The third-order valence-corrected chi connectivity index (χ3v) is 4.37. The Hall–Kier alpha value is -0.480. The molecule has 118 valence electrons. The second-order valence-corrected chi connectivity index (χ2v) is 6.23. The van der Waals surface area contributed by atoms with Gasteiger partial charge in [0.15, 0.2) is 0 Å². The van der Waals surface area contributed by atoms with Crippen LogP contribution in [0.2, 0.25) is 10.0 Å². The van der Waals surface area contributed by atoms with Crippen molar-refractivity contribution in [2.75, 3.05) is 32.8 Å². The Morgan fingerprint density at radius 1 is 1.29 bits per heavy atom. The lowest BCUT2D eigenvalue weighted by atomic mass is 10.0. The molecule has 0 aromatic heterocycles. The van der Waals surface area contributed by atoms with E-state index in [-0.39, 0.29) is 6.04 Å². The molecule has 3 nitrogen and oxygen atoms in total. The Kier molecular flexibility index (Phi) is 6.62. The summed E-state index contributed by atoms with van der Waals surface area (Å²) in [4.78, 5) is 2.46. The fourth-order valence-electron chi connectivity index (χ4n) is 2.78. The fraction of sp³-hybridized carbons (Fsp3) is 0.625. The van der Waals surface area contributed by atoms with Gasteiger partial charge in [-0.1, -0.05) is 37.0 Å². The molecule has 1 aromatic rings. The lowest BCUT2D eigenvalue weighted by Crippen LogP contribution is -2.35. The zero-order chi connectivity index (χ0) is 15.2. The highest BCUT2D eigenvalue weighted by Crippen LogP contribution is 2.39. The molecule has 0 radical (unpaired) electrons. The predicted molar refractivity (Wildman–Crippen MR) is 89.7 cm³/mol. The molecule has 0 amide bonds. The highest BCUT2D eigenvalue weighted by atomic mass is 35.5. The van der Waals surface area contributed by atoms with Crippen molar-refractivity contribution in [1.29, 1.82) is 0 Å². The quantitative estimate of drug-likeness (QED) is 0.813. The first kappa shape index (κ1) is 16.9. The van der Waals surface area contributed by atoms with E-state index in [1.165, 1.54) is 6.42 Å². The van der Waals surface area contributed by atoms with Crippen LogP contribution in [0.4, 0.5) is 0 Å². The monoisotopic (exact) mass is 330 g/mol. The Morgan fingerprint density at radius 3 is 2.81 bits per heavy atom. The van der Waals surface area contributed by atoms with Gasteiger partial charge in [0.1, 0.15) is 5.75 Å². The first-order valence-electron chi connectivity index (χ1n) is 7.73. The summed E-state index contributed by atoms with van der Waals surface area (Å²) in [6.07, 6.45) is 2.14. The van der Waals surface area contributed by atoms with Crippen molar-refractivity contribution in [3.63, 3.8) is 0 Å². The van der Waals surface area contributed by atoms with E-state index in [0.717, 1.165) is 43.9 Å². The van der Waals surface area contributed by atoms with Gasteiger partial charge in [0.25, 0.3) is 0 Å². The van der Waals surface area contributed by atoms with Gasteiger partial charge in [0.05, 0.1) is 11.6 Å². The largest absolute Gasteiger partial charge is 0.492 e. The number of nitrogens with one attached hydrogen (secondary N) is 1. The molecule has 1 atom stereocenters. The van der Waals surface area contributed by atoms with Crippen LogP contribution >= 0.6 is 23.2 Å². The maximum Gasteiger partial charge on any atom is 0.142 e. The predicted octanol–water partition coefficient (Wildman–Crippen LogP) is 4.14. The highest BCUT2D eigenvalue weighted by molar-refractivity contribution is 6.35. The minimum absolute atomic E-state index is 0.269. The molecule has 0 saturated heterocycles. The summed E-state index contributed by atoms with van der Waals surface area (Å²) in [6, 6.07) is 3.97. The van der Waals surface area contributed by atoms with E-state index in [2.05, 4.69) is 24.1 Å². The summed E-state index contributed by atoms with van der Waals surface area (Å²) in [5, 5.41) is 4.88. The molecule has 0 bridgehead atoms. The average molecular weight is 331 g/mol. The summed E-state index contributed by atoms with van der Waals surface area (Å²) < 4.78 is 5.69. The van der Waals surface area contributed by atoms with Gasteiger partial charge in [0, 0.05) is 36.1 Å². The van der Waals surface area contributed by atoms with Crippen LogP contribution in [-0.2, 0) is 0 Å². The minimum atomic E-state index is 0.269. The molecule has 0 fully saturated rings. The van der Waals surface area contributed by atoms with E-state index in [0.29, 0.717) is 16.7 Å². The van der Waals surface area contributed by atoms with Gasteiger partial charge in [-0.3, -0.25) is 0 Å². The van der Waals surface area contributed by atoms with Crippen LogP contribution in [0.25, 0.3) is 0 Å². The van der Waals surface area contributed by atoms with Gasteiger partial charge < -0.3 is 15.0 Å². The number of nitrogens with zero attached hydrogens (tertiary/aromatic N) is 1. The molecular formula is C16H24Cl2N2O. The van der Waals surface area contributed by atoms with Crippen molar-refractivity contribution < 1.29 is 4.74 Å². The maximum absolute atomic E-state index is 6.22. The number of ether oxygens (including phenoxy) is 1. The van der Waals surface area contributed by atoms with Gasteiger partial charge in [-0.15, -0.1) is 0 Å². The number of halogens is 2. The van der Waals surface area contributed by atoms with Crippen LogP contribution in [0.3, 0.4) is 0 Å². The van der Waals surface area contributed by atoms with Crippen LogP contribution in [0.5, 0.6) is 5.75 Å². The Labute approximate surface area is 137 Å². The van der Waals surface area contributed by atoms with Crippen molar-refractivity contribution in [3.05, 3.63) is 27.7 Å². The zero-order valence-electron chi connectivity index (χ0n) is 12.8. The molecule has 21 heavy (non-hydrogen) atoms. The van der Waals surface area contributed by atoms with E-state index in [1.807, 2.05) is 6.07 Å². The number of hydrogen-bond donors (Lipinski definition) is 1. The van der Waals surface area contributed by atoms with Crippen LogP contribution in [-0.4, -0.2) is 37.7 Å². The summed E-state index contributed by atoms with van der Waals surface area (Å²) >= 11 is 12.3. The van der Waals surface area contributed by atoms with Crippen molar-refractivity contribution in [2.45, 2.75) is 32.7 Å². The van der Waals surface area contributed by atoms with E-state index >= 15 is 0 Å². The van der Waals surface area contributed by atoms with E-state index in [4.69, 9.17) is 27.9 Å². The second-order valence-electron chi connectivity index (χ2n) is 5.38. The number of benzene rings is 1. The molecule has 0 saturated carbocycles. The Morgan fingerprint density at radius 2 is 2.10 bits per heavy atom. The maximum atomic E-state index is 6.22. The van der Waals surface area contributed by atoms with Crippen molar-refractivity contribution in [1.82, 2.24) is 10.2 Å². The number of fused-ring (bicyclic) bond motifs is 1. The van der Waals surface area contributed by atoms with Crippen molar-refractivity contribution in [2.24, 2.45) is 0 Å². The van der Waals surface area contributed by atoms with Gasteiger partial charge >= 0.3 is 0 Å². The molecule has 0 spiro atoms. The van der Waals surface area contributed by atoms with E-state index < -0.39 is 0 Å². The normalized spacial score (nSPS) is 17.7. The van der Waals surface area contributed by atoms with E-state index in [1.54, 1.807) is 6.07 Å². The molecule has 2 rings (SSSR count). The third-order valence-electron chi connectivity index (χ3n) is 3.87. The topological polar surface area (TPSA) is 24.5 Å². The fourth-order valence-corrected chi connectivity index (χ4v) is 3.34. The second kappa shape index (κ2) is 8.23. The van der Waals surface area contributed by atoms with Gasteiger partial charge in [-0.2, -0.15) is 0 Å². The van der Waals surface area contributed by atoms with Gasteiger partial charge in [-0.05, 0) is 31.6 Å². The first-order chi connectivity index (χ1) is 10.2. The lowest BCUT2D eigenvalue weighted by molar-refractivity contribution is 0.240. The lowest BCUT2D eigenvalue weighted by Gasteiger charge is -2.29.